The van der Waals surface area contributed by atoms with Crippen molar-refractivity contribution in [3.8, 4) is 0 Å². The number of rotatable bonds is 6. The van der Waals surface area contributed by atoms with E-state index in [1.807, 2.05) is 0 Å². The molecule has 2 rings (SSSR count). The average Bonchev–Trinajstić information content (AvgIpc) is 2.48. The Hall–Kier alpha value is -1.46. The molecule has 1 aliphatic heterocycles. The summed E-state index contributed by atoms with van der Waals surface area (Å²) in [5, 5.41) is 2.87. The number of carbonyl (C=O) groups is 1. The largest absolute Gasteiger partial charge is 0.385 e. The van der Waals surface area contributed by atoms with Gasteiger partial charge in [0.2, 0.25) is 5.91 Å². The topological polar surface area (TPSA) is 41.6 Å². The third-order valence-electron chi connectivity index (χ3n) is 4.16. The number of benzene rings is 1. The first-order valence-electron chi connectivity index (χ1n) is 7.86. The summed E-state index contributed by atoms with van der Waals surface area (Å²) in [6, 6.07) is 4.40. The van der Waals surface area contributed by atoms with Crippen LogP contribution in [-0.4, -0.2) is 44.2 Å². The number of nitrogens with zero attached hydrogens (tertiary/aromatic N) is 1. The fourth-order valence-corrected chi connectivity index (χ4v) is 2.98. The summed E-state index contributed by atoms with van der Waals surface area (Å²) < 4.78 is 18.2. The molecular formula is C17H25FN2O2. The number of likely N-dealkylation sites (tertiary alicyclic amines) is 1. The summed E-state index contributed by atoms with van der Waals surface area (Å²) in [5.41, 5.74) is 1.42. The minimum absolute atomic E-state index is 0.0397. The Labute approximate surface area is 131 Å². The first-order valence-corrected chi connectivity index (χ1v) is 7.86. The molecular weight excluding hydrogens is 283 g/mol. The average molecular weight is 308 g/mol. The minimum Gasteiger partial charge on any atom is -0.385 e. The Morgan fingerprint density at radius 2 is 2.32 bits per heavy atom. The van der Waals surface area contributed by atoms with Crippen molar-refractivity contribution < 1.29 is 13.9 Å². The van der Waals surface area contributed by atoms with Crippen LogP contribution in [0, 0.1) is 18.7 Å². The number of ether oxygens (including phenoxy) is 1. The van der Waals surface area contributed by atoms with Crippen LogP contribution in [0.4, 0.5) is 10.1 Å². The van der Waals surface area contributed by atoms with E-state index in [4.69, 9.17) is 4.74 Å². The molecule has 0 aliphatic carbocycles. The number of aryl methyl sites for hydroxylation is 1. The predicted octanol–water partition coefficient (Wildman–Crippen LogP) is 2.82. The Balaban J connectivity index is 1.83. The van der Waals surface area contributed by atoms with Gasteiger partial charge in [0, 0.05) is 25.9 Å². The molecule has 0 spiro atoms. The third-order valence-corrected chi connectivity index (χ3v) is 4.16. The van der Waals surface area contributed by atoms with Gasteiger partial charge < -0.3 is 10.1 Å². The fourth-order valence-electron chi connectivity index (χ4n) is 2.98. The molecule has 0 unspecified atom stereocenters. The van der Waals surface area contributed by atoms with Gasteiger partial charge in [-0.1, -0.05) is 0 Å². The molecule has 0 bridgehead atoms. The number of nitrogens with one attached hydrogen (secondary N) is 1. The van der Waals surface area contributed by atoms with Crippen LogP contribution in [0.5, 0.6) is 0 Å². The fraction of sp³-hybridized carbons (Fsp3) is 0.588. The van der Waals surface area contributed by atoms with Crippen LogP contribution in [0.1, 0.15) is 24.8 Å². The molecule has 1 fully saturated rings. The van der Waals surface area contributed by atoms with Gasteiger partial charge >= 0.3 is 0 Å². The van der Waals surface area contributed by atoms with Crippen molar-refractivity contribution in [3.05, 3.63) is 29.6 Å². The van der Waals surface area contributed by atoms with Gasteiger partial charge in [-0.25, -0.2) is 4.39 Å². The van der Waals surface area contributed by atoms with Crippen LogP contribution < -0.4 is 5.32 Å². The lowest BCUT2D eigenvalue weighted by molar-refractivity contribution is -0.117. The summed E-state index contributed by atoms with van der Waals surface area (Å²) in [4.78, 5) is 14.4. The number of anilines is 1. The Bertz CT molecular complexity index is 507. The lowest BCUT2D eigenvalue weighted by Crippen LogP contribution is -2.40. The molecule has 1 saturated heterocycles. The number of methoxy groups -OCH3 is 1. The van der Waals surface area contributed by atoms with E-state index in [0.717, 1.165) is 38.1 Å². The quantitative estimate of drug-likeness (QED) is 0.878. The standard InChI is InChI=1S/C17H25FN2O2/c1-13-10-15(18)5-6-16(13)19-17(21)12-20-8-3-4-14(11-20)7-9-22-2/h5-6,10,14H,3-4,7-9,11-12H2,1-2H3,(H,19,21)/t14-/m0/s1. The zero-order valence-corrected chi connectivity index (χ0v) is 13.4. The highest BCUT2D eigenvalue weighted by atomic mass is 19.1. The normalized spacial score (nSPS) is 19.1. The zero-order valence-electron chi connectivity index (χ0n) is 13.4. The molecule has 1 heterocycles. The Morgan fingerprint density at radius 3 is 3.05 bits per heavy atom. The minimum atomic E-state index is -0.285. The van der Waals surface area contributed by atoms with E-state index >= 15 is 0 Å². The van der Waals surface area contributed by atoms with E-state index in [0.29, 0.717) is 18.2 Å². The second kappa shape index (κ2) is 8.25. The van der Waals surface area contributed by atoms with E-state index < -0.39 is 0 Å². The number of carbonyl (C=O) groups excluding carboxylic acids is 1. The van der Waals surface area contributed by atoms with Crippen molar-refractivity contribution >= 4 is 11.6 Å². The van der Waals surface area contributed by atoms with Crippen LogP contribution >= 0.6 is 0 Å². The van der Waals surface area contributed by atoms with Crippen molar-refractivity contribution in [1.29, 1.82) is 0 Å². The van der Waals surface area contributed by atoms with Gasteiger partial charge in [-0.15, -0.1) is 0 Å². The van der Waals surface area contributed by atoms with E-state index in [1.165, 1.54) is 18.6 Å². The number of halogens is 1. The lowest BCUT2D eigenvalue weighted by Gasteiger charge is -2.32. The van der Waals surface area contributed by atoms with Gasteiger partial charge in [-0.2, -0.15) is 0 Å². The van der Waals surface area contributed by atoms with Crippen LogP contribution in [-0.2, 0) is 9.53 Å². The van der Waals surface area contributed by atoms with Crippen LogP contribution in [0.15, 0.2) is 18.2 Å². The molecule has 1 atom stereocenters. The summed E-state index contributed by atoms with van der Waals surface area (Å²) in [7, 11) is 1.72. The van der Waals surface area contributed by atoms with Crippen molar-refractivity contribution in [2.45, 2.75) is 26.2 Å². The summed E-state index contributed by atoms with van der Waals surface area (Å²) in [6.45, 7) is 4.86. The summed E-state index contributed by atoms with van der Waals surface area (Å²) in [6.07, 6.45) is 3.38. The molecule has 0 aromatic heterocycles. The highest BCUT2D eigenvalue weighted by Gasteiger charge is 2.21. The molecule has 1 N–H and O–H groups in total. The van der Waals surface area contributed by atoms with E-state index in [-0.39, 0.29) is 11.7 Å². The second-order valence-corrected chi connectivity index (χ2v) is 6.03. The predicted molar refractivity (Wildman–Crippen MR) is 85.4 cm³/mol. The molecule has 22 heavy (non-hydrogen) atoms. The number of hydrogen-bond donors (Lipinski definition) is 1. The second-order valence-electron chi connectivity index (χ2n) is 6.03. The van der Waals surface area contributed by atoms with Crippen LogP contribution in [0.2, 0.25) is 0 Å². The Kier molecular flexibility index (Phi) is 6.34. The summed E-state index contributed by atoms with van der Waals surface area (Å²) >= 11 is 0. The number of hydrogen-bond acceptors (Lipinski definition) is 3. The van der Waals surface area contributed by atoms with Gasteiger partial charge in [0.25, 0.3) is 0 Å². The number of piperidine rings is 1. The maximum absolute atomic E-state index is 13.1. The molecule has 1 amide bonds. The van der Waals surface area contributed by atoms with E-state index in [9.17, 15) is 9.18 Å². The van der Waals surface area contributed by atoms with Crippen LogP contribution in [0.25, 0.3) is 0 Å². The molecule has 1 aromatic carbocycles. The molecule has 0 saturated carbocycles. The molecule has 5 heteroatoms. The highest BCUT2D eigenvalue weighted by molar-refractivity contribution is 5.92. The first kappa shape index (κ1) is 16.9. The summed E-state index contributed by atoms with van der Waals surface area (Å²) in [5.74, 6) is 0.281. The Morgan fingerprint density at radius 1 is 1.50 bits per heavy atom. The lowest BCUT2D eigenvalue weighted by atomic mass is 9.95. The SMILES string of the molecule is COCC[C@@H]1CCCN(CC(=O)Nc2ccc(F)cc2C)C1. The van der Waals surface area contributed by atoms with E-state index in [1.54, 1.807) is 20.1 Å². The maximum atomic E-state index is 13.1. The van der Waals surface area contributed by atoms with Gasteiger partial charge in [0.05, 0.1) is 6.54 Å². The zero-order chi connectivity index (χ0) is 15.9. The number of amides is 1. The van der Waals surface area contributed by atoms with Crippen LogP contribution in [0.3, 0.4) is 0 Å². The smallest absolute Gasteiger partial charge is 0.238 e. The molecule has 1 aliphatic rings. The van der Waals surface area contributed by atoms with Crippen molar-refractivity contribution in [1.82, 2.24) is 4.90 Å². The van der Waals surface area contributed by atoms with Crippen molar-refractivity contribution in [2.75, 3.05) is 38.7 Å². The molecule has 122 valence electrons. The first-order chi connectivity index (χ1) is 10.6. The van der Waals surface area contributed by atoms with Gasteiger partial charge in [-0.3, -0.25) is 9.69 Å². The van der Waals surface area contributed by atoms with Crippen molar-refractivity contribution in [2.24, 2.45) is 5.92 Å². The maximum Gasteiger partial charge on any atom is 0.238 e. The van der Waals surface area contributed by atoms with Gasteiger partial charge in [0.1, 0.15) is 5.82 Å². The monoisotopic (exact) mass is 308 g/mol. The van der Waals surface area contributed by atoms with Gasteiger partial charge in [-0.05, 0) is 62.4 Å². The molecule has 1 aromatic rings. The van der Waals surface area contributed by atoms with Crippen molar-refractivity contribution in [3.63, 3.8) is 0 Å². The van der Waals surface area contributed by atoms with E-state index in [2.05, 4.69) is 10.2 Å². The van der Waals surface area contributed by atoms with Gasteiger partial charge in [0.15, 0.2) is 0 Å². The highest BCUT2D eigenvalue weighted by Crippen LogP contribution is 2.20. The molecule has 0 radical (unpaired) electrons. The third kappa shape index (κ3) is 5.07. The molecule has 4 nitrogen and oxygen atoms in total.